The van der Waals surface area contributed by atoms with Crippen LogP contribution in [0.2, 0.25) is 0 Å². The number of benzene rings is 1. The van der Waals surface area contributed by atoms with Crippen LogP contribution in [-0.2, 0) is 19.0 Å². The van der Waals surface area contributed by atoms with E-state index in [1.54, 1.807) is 18.2 Å². The topological polar surface area (TPSA) is 160 Å². The molecule has 0 saturated carbocycles. The molecule has 0 amide bonds. The number of carbonyl (C=O) groups is 3. The van der Waals surface area contributed by atoms with E-state index in [4.69, 9.17) is 24.4 Å². The second kappa shape index (κ2) is 21.4. The number of allylic oxidation sites excluding steroid dienone is 3. The molecule has 0 aromatic heterocycles. The Morgan fingerprint density at radius 1 is 0.786 bits per heavy atom. The van der Waals surface area contributed by atoms with Crippen molar-refractivity contribution in [1.82, 2.24) is 0 Å². The molecule has 1 aromatic rings. The molecule has 1 rings (SSSR count). The molecule has 10 heteroatoms. The van der Waals surface area contributed by atoms with Crippen molar-refractivity contribution >= 4 is 23.5 Å². The van der Waals surface area contributed by atoms with Crippen molar-refractivity contribution in [3.63, 3.8) is 0 Å². The maximum absolute atomic E-state index is 13.0. The minimum absolute atomic E-state index is 0.0854. The Kier molecular flexibility index (Phi) is 18.7. The minimum Gasteiger partial charge on any atom is -0.462 e. The van der Waals surface area contributed by atoms with Crippen LogP contribution in [0.1, 0.15) is 91.5 Å². The number of rotatable bonds is 21. The van der Waals surface area contributed by atoms with E-state index in [-0.39, 0.29) is 49.7 Å². The largest absolute Gasteiger partial charge is 0.462 e. The monoisotopic (exact) mass is 590 g/mol. The fourth-order valence-electron chi connectivity index (χ4n) is 3.80. The number of unbranched alkanes of at least 4 members (excludes halogenated alkanes) is 2. The van der Waals surface area contributed by atoms with Gasteiger partial charge in [-0.2, -0.15) is 0 Å². The molecule has 42 heavy (non-hydrogen) atoms. The smallest absolute Gasteiger partial charge is 0.338 e. The number of ether oxygens (including phenoxy) is 3. The maximum Gasteiger partial charge on any atom is 0.338 e. The molecule has 10 nitrogen and oxygen atoms in total. The van der Waals surface area contributed by atoms with E-state index in [0.29, 0.717) is 62.5 Å². The summed E-state index contributed by atoms with van der Waals surface area (Å²) >= 11 is 0. The van der Waals surface area contributed by atoms with Gasteiger partial charge >= 0.3 is 17.9 Å². The van der Waals surface area contributed by atoms with Crippen LogP contribution < -0.4 is 0 Å². The average Bonchev–Trinajstić information content (AvgIpc) is 3.00. The fourth-order valence-corrected chi connectivity index (χ4v) is 3.80. The van der Waals surface area contributed by atoms with Crippen LogP contribution in [0.4, 0.5) is 0 Å². The first-order valence-electron chi connectivity index (χ1n) is 14.5. The van der Waals surface area contributed by atoms with Crippen LogP contribution in [0.25, 0.3) is 5.57 Å². The third-order valence-corrected chi connectivity index (χ3v) is 6.12. The molecule has 2 atom stereocenters. The summed E-state index contributed by atoms with van der Waals surface area (Å²) in [5.41, 5.74) is 1.50. The van der Waals surface area contributed by atoms with Crippen LogP contribution in [0.15, 0.2) is 48.6 Å². The van der Waals surface area contributed by atoms with Crippen LogP contribution >= 0.6 is 0 Å². The van der Waals surface area contributed by atoms with Crippen molar-refractivity contribution < 1.29 is 49.0 Å². The SMILES string of the molecule is C=C/C(=C\C(=C/CC)c1cc(C(=O)OCCCCC(O)CO)cc(C(=O)OCCCCC(O)CO)c1)C(=O)OCCC. The first kappa shape index (κ1) is 36.7. The lowest BCUT2D eigenvalue weighted by molar-refractivity contribution is -0.138. The van der Waals surface area contributed by atoms with Gasteiger partial charge in [-0.1, -0.05) is 32.6 Å². The van der Waals surface area contributed by atoms with E-state index < -0.39 is 30.1 Å². The van der Waals surface area contributed by atoms with E-state index in [1.165, 1.54) is 12.1 Å². The third-order valence-electron chi connectivity index (χ3n) is 6.12. The highest BCUT2D eigenvalue weighted by Gasteiger charge is 2.18. The Balaban J connectivity index is 3.25. The van der Waals surface area contributed by atoms with Gasteiger partial charge in [0, 0.05) is 0 Å². The molecule has 1 aromatic carbocycles. The molecule has 0 bridgehead atoms. The maximum atomic E-state index is 13.0. The van der Waals surface area contributed by atoms with Gasteiger partial charge in [0.2, 0.25) is 0 Å². The van der Waals surface area contributed by atoms with Crippen LogP contribution in [0.3, 0.4) is 0 Å². The van der Waals surface area contributed by atoms with Gasteiger partial charge in [-0.25, -0.2) is 14.4 Å². The third kappa shape index (κ3) is 14.0. The number of hydrogen-bond acceptors (Lipinski definition) is 10. The zero-order valence-corrected chi connectivity index (χ0v) is 24.8. The van der Waals surface area contributed by atoms with Gasteiger partial charge in [0.05, 0.1) is 61.9 Å². The summed E-state index contributed by atoms with van der Waals surface area (Å²) in [5, 5.41) is 36.8. The van der Waals surface area contributed by atoms with Crippen LogP contribution in [-0.4, -0.2) is 83.6 Å². The number of aliphatic hydroxyl groups excluding tert-OH is 4. The van der Waals surface area contributed by atoms with Crippen molar-refractivity contribution in [2.75, 3.05) is 33.0 Å². The Morgan fingerprint density at radius 2 is 1.29 bits per heavy atom. The quantitative estimate of drug-likeness (QED) is 0.0543. The van der Waals surface area contributed by atoms with E-state index in [2.05, 4.69) is 6.58 Å². The van der Waals surface area contributed by atoms with Gasteiger partial charge in [0.1, 0.15) is 0 Å². The van der Waals surface area contributed by atoms with Crippen molar-refractivity contribution in [2.24, 2.45) is 0 Å². The predicted molar refractivity (Wildman–Crippen MR) is 159 cm³/mol. The lowest BCUT2D eigenvalue weighted by atomic mass is 9.97. The lowest BCUT2D eigenvalue weighted by Gasteiger charge is -2.13. The molecule has 4 N–H and O–H groups in total. The molecule has 0 aliphatic carbocycles. The summed E-state index contributed by atoms with van der Waals surface area (Å²) in [6.07, 6.45) is 7.25. The molecule has 234 valence electrons. The first-order valence-corrected chi connectivity index (χ1v) is 14.5. The molecule has 0 radical (unpaired) electrons. The lowest BCUT2D eigenvalue weighted by Crippen LogP contribution is -2.14. The zero-order valence-electron chi connectivity index (χ0n) is 24.8. The molecular weight excluding hydrogens is 544 g/mol. The molecule has 2 unspecified atom stereocenters. The van der Waals surface area contributed by atoms with Gasteiger partial charge in [-0.15, -0.1) is 0 Å². The Morgan fingerprint density at radius 3 is 1.71 bits per heavy atom. The summed E-state index contributed by atoms with van der Waals surface area (Å²) in [5.74, 6) is -1.85. The highest BCUT2D eigenvalue weighted by atomic mass is 16.5. The summed E-state index contributed by atoms with van der Waals surface area (Å²) < 4.78 is 16.0. The number of aliphatic hydroxyl groups is 4. The number of carbonyl (C=O) groups excluding carboxylic acids is 3. The summed E-state index contributed by atoms with van der Waals surface area (Å²) in [7, 11) is 0. The Hall–Kier alpha value is -3.31. The van der Waals surface area contributed by atoms with Crippen molar-refractivity contribution in [1.29, 1.82) is 0 Å². The van der Waals surface area contributed by atoms with Crippen molar-refractivity contribution in [3.05, 3.63) is 65.3 Å². The number of hydrogen-bond donors (Lipinski definition) is 4. The highest BCUT2D eigenvalue weighted by molar-refractivity contribution is 5.99. The summed E-state index contributed by atoms with van der Waals surface area (Å²) in [6, 6.07) is 4.53. The van der Waals surface area contributed by atoms with Gasteiger partial charge in [0.15, 0.2) is 0 Å². The Labute approximate surface area is 248 Å². The molecule has 0 aliphatic heterocycles. The standard InChI is InChI=1S/C32H46O10/c1-4-11-24(17-23(6-3)30(37)40-14-5-2)25-18-26(31(38)41-15-9-7-12-28(35)21-33)20-27(19-25)32(39)42-16-10-8-13-29(36)22-34/h6,11,17-20,28-29,33-36H,3-5,7-10,12-16,21-22H2,1-2H3/b23-17+,24-11+. The normalized spacial score (nSPS) is 13.3. The minimum atomic E-state index is -0.817. The van der Waals surface area contributed by atoms with E-state index in [0.717, 1.165) is 0 Å². The second-order valence-corrected chi connectivity index (χ2v) is 9.74. The molecule has 0 aliphatic rings. The molecule has 0 heterocycles. The van der Waals surface area contributed by atoms with Gasteiger partial charge in [-0.05, 0) is 86.8 Å². The van der Waals surface area contributed by atoms with Crippen molar-refractivity contribution in [2.45, 2.75) is 77.4 Å². The van der Waals surface area contributed by atoms with Crippen molar-refractivity contribution in [3.8, 4) is 0 Å². The number of esters is 3. The zero-order chi connectivity index (χ0) is 31.3. The summed E-state index contributed by atoms with van der Waals surface area (Å²) in [6.45, 7) is 7.27. The van der Waals surface area contributed by atoms with E-state index >= 15 is 0 Å². The molecule has 0 fully saturated rings. The molecule has 0 spiro atoms. The van der Waals surface area contributed by atoms with Crippen LogP contribution in [0.5, 0.6) is 0 Å². The predicted octanol–water partition coefficient (Wildman–Crippen LogP) is 3.91. The molecular formula is C32H46O10. The fraction of sp³-hybridized carbons (Fsp3) is 0.531. The van der Waals surface area contributed by atoms with Gasteiger partial charge < -0.3 is 34.6 Å². The molecule has 0 saturated heterocycles. The second-order valence-electron chi connectivity index (χ2n) is 9.74. The first-order chi connectivity index (χ1) is 20.2. The Bertz CT molecular complexity index is 1010. The van der Waals surface area contributed by atoms with E-state index in [9.17, 15) is 24.6 Å². The highest BCUT2D eigenvalue weighted by Crippen LogP contribution is 2.24. The van der Waals surface area contributed by atoms with Gasteiger partial charge in [-0.3, -0.25) is 0 Å². The van der Waals surface area contributed by atoms with Gasteiger partial charge in [0.25, 0.3) is 0 Å². The van der Waals surface area contributed by atoms with Crippen LogP contribution in [0, 0.1) is 0 Å². The van der Waals surface area contributed by atoms with E-state index in [1.807, 2.05) is 19.9 Å². The average molecular weight is 591 g/mol. The summed E-state index contributed by atoms with van der Waals surface area (Å²) in [4.78, 5) is 38.5.